The standard InChI is InChI=1S/C29H20ClN7O14S5/c30-27-33-28(31-15-4-6-16(7-5-15)52(38)39)35-29(34-27)32-21-9-8-20(18-2-1-3-23(26(18)21)54(43,44)45)36-37-22-13-19-14(11-25(22)56(49,50)51)10-17(53(40,41)42)12-24(19)55(46,47)48/h1-13H,(H,38,39)(H,40,41,42)(H,43,44,45)(H,46,47,48)(H,49,50,51)(H2,31,32,33,34,35)/p-1. The minimum Gasteiger partial charge on any atom is -0.768 e. The normalized spacial score (nSPS) is 13.3. The third-order valence-corrected chi connectivity index (χ3v) is 11.8. The van der Waals surface area contributed by atoms with E-state index >= 15 is 0 Å². The van der Waals surface area contributed by atoms with Crippen molar-refractivity contribution >= 4 is 119 Å². The molecule has 5 aromatic carbocycles. The summed E-state index contributed by atoms with van der Waals surface area (Å²) in [6.45, 7) is 0. The van der Waals surface area contributed by atoms with Gasteiger partial charge in [-0.15, -0.1) is 10.2 Å². The molecule has 1 unspecified atom stereocenters. The highest BCUT2D eigenvalue weighted by Gasteiger charge is 2.25. The van der Waals surface area contributed by atoms with Crippen LogP contribution in [-0.4, -0.2) is 75.6 Å². The van der Waals surface area contributed by atoms with E-state index < -0.39 is 87.6 Å². The van der Waals surface area contributed by atoms with Crippen molar-refractivity contribution in [1.29, 1.82) is 0 Å². The Morgan fingerprint density at radius 3 is 1.82 bits per heavy atom. The molecule has 0 aliphatic carbocycles. The van der Waals surface area contributed by atoms with Crippen molar-refractivity contribution in [3.8, 4) is 0 Å². The molecule has 0 aliphatic rings. The molecule has 292 valence electrons. The zero-order valence-electron chi connectivity index (χ0n) is 27.0. The van der Waals surface area contributed by atoms with E-state index in [1.54, 1.807) is 0 Å². The van der Waals surface area contributed by atoms with Gasteiger partial charge in [0.25, 0.3) is 40.5 Å². The van der Waals surface area contributed by atoms with Crippen molar-refractivity contribution in [1.82, 2.24) is 15.0 Å². The van der Waals surface area contributed by atoms with Gasteiger partial charge in [-0.1, -0.05) is 12.1 Å². The van der Waals surface area contributed by atoms with Gasteiger partial charge >= 0.3 is 0 Å². The second-order valence-electron chi connectivity index (χ2n) is 11.1. The van der Waals surface area contributed by atoms with Crippen LogP contribution in [0, 0.1) is 0 Å². The highest BCUT2D eigenvalue weighted by atomic mass is 35.5. The smallest absolute Gasteiger partial charge is 0.296 e. The second-order valence-corrected chi connectivity index (χ2v) is 18.0. The first-order valence-electron chi connectivity index (χ1n) is 14.6. The summed E-state index contributed by atoms with van der Waals surface area (Å²) in [6, 6.07) is 13.9. The molecular formula is C29H19ClN7O14S5-. The van der Waals surface area contributed by atoms with Crippen molar-refractivity contribution in [2.45, 2.75) is 24.5 Å². The number of hydrogen-bond acceptors (Lipinski definition) is 17. The molecule has 1 aromatic heterocycles. The van der Waals surface area contributed by atoms with Crippen LogP contribution < -0.4 is 10.6 Å². The lowest BCUT2D eigenvalue weighted by molar-refractivity contribution is 0.479. The monoisotopic (exact) mass is 884 g/mol. The minimum absolute atomic E-state index is 0.00960. The van der Waals surface area contributed by atoms with Gasteiger partial charge in [0.1, 0.15) is 20.4 Å². The van der Waals surface area contributed by atoms with Gasteiger partial charge in [-0.05, 0) is 94.8 Å². The van der Waals surface area contributed by atoms with Gasteiger partial charge in [0.05, 0.1) is 16.3 Å². The maximum Gasteiger partial charge on any atom is 0.296 e. The van der Waals surface area contributed by atoms with E-state index in [4.69, 9.17) is 11.6 Å². The summed E-state index contributed by atoms with van der Waals surface area (Å²) >= 11 is 3.63. The summed E-state index contributed by atoms with van der Waals surface area (Å²) in [5, 5.41) is 11.7. The van der Waals surface area contributed by atoms with E-state index in [0.717, 1.165) is 12.1 Å². The van der Waals surface area contributed by atoms with Crippen LogP contribution in [0.4, 0.5) is 34.6 Å². The fourth-order valence-corrected chi connectivity index (χ4v) is 8.43. The van der Waals surface area contributed by atoms with Crippen molar-refractivity contribution in [2.75, 3.05) is 10.6 Å². The molecule has 1 heterocycles. The number of aromatic nitrogens is 3. The third kappa shape index (κ3) is 8.79. The van der Waals surface area contributed by atoms with Crippen LogP contribution in [-0.2, 0) is 51.6 Å². The Bertz CT molecular complexity index is 3130. The van der Waals surface area contributed by atoms with E-state index in [-0.39, 0.29) is 44.2 Å². The number of hydrogen-bond donors (Lipinski definition) is 6. The number of fused-ring (bicyclic) bond motifs is 2. The largest absolute Gasteiger partial charge is 0.768 e. The number of nitrogens with one attached hydrogen (secondary N) is 2. The fraction of sp³-hybridized carbons (Fsp3) is 0. The van der Waals surface area contributed by atoms with E-state index in [9.17, 15) is 60.6 Å². The molecule has 6 N–H and O–H groups in total. The van der Waals surface area contributed by atoms with Crippen molar-refractivity contribution in [2.24, 2.45) is 10.2 Å². The Morgan fingerprint density at radius 1 is 0.625 bits per heavy atom. The molecule has 0 saturated heterocycles. The Balaban J connectivity index is 1.48. The summed E-state index contributed by atoms with van der Waals surface area (Å²) in [5.74, 6) is -0.393. The van der Waals surface area contributed by atoms with Gasteiger partial charge in [-0.3, -0.25) is 22.4 Å². The first-order valence-corrected chi connectivity index (χ1v) is 21.8. The molecule has 6 rings (SSSR count). The molecule has 0 saturated carbocycles. The molecule has 0 aliphatic heterocycles. The molecule has 6 aromatic rings. The van der Waals surface area contributed by atoms with Gasteiger partial charge < -0.3 is 15.2 Å². The lowest BCUT2D eigenvalue weighted by Crippen LogP contribution is -2.06. The SMILES string of the molecule is O=S([O-])c1ccc(Nc2nc(Cl)nc(Nc3ccc(N=Nc4cc5c(S(=O)(=O)O)cc(S(=O)(=O)O)cc5cc4S(=O)(=O)O)c4cccc(S(=O)(=O)O)c34)n2)cc1. The average Bonchev–Trinajstić information content (AvgIpc) is 3.08. The summed E-state index contributed by atoms with van der Waals surface area (Å²) in [6.07, 6.45) is 0. The molecule has 56 heavy (non-hydrogen) atoms. The van der Waals surface area contributed by atoms with E-state index in [2.05, 4.69) is 35.8 Å². The molecule has 27 heteroatoms. The van der Waals surface area contributed by atoms with Crippen LogP contribution in [0.25, 0.3) is 21.5 Å². The second kappa shape index (κ2) is 14.7. The van der Waals surface area contributed by atoms with Crippen LogP contribution in [0.15, 0.2) is 114 Å². The summed E-state index contributed by atoms with van der Waals surface area (Å²) in [7, 11) is -20.5. The lowest BCUT2D eigenvalue weighted by atomic mass is 10.1. The first kappa shape index (κ1) is 40.5. The number of rotatable bonds is 11. The van der Waals surface area contributed by atoms with E-state index in [1.807, 2.05) is 0 Å². The van der Waals surface area contributed by atoms with Crippen LogP contribution in [0.1, 0.15) is 0 Å². The zero-order chi connectivity index (χ0) is 41.0. The van der Waals surface area contributed by atoms with Gasteiger partial charge in [-0.25, -0.2) is 0 Å². The molecule has 0 bridgehead atoms. The molecule has 21 nitrogen and oxygen atoms in total. The number of benzene rings is 5. The van der Waals surface area contributed by atoms with Crippen molar-refractivity contribution in [3.63, 3.8) is 0 Å². The van der Waals surface area contributed by atoms with Crippen molar-refractivity contribution in [3.05, 3.63) is 84.1 Å². The summed E-state index contributed by atoms with van der Waals surface area (Å²) in [4.78, 5) is 8.29. The molecule has 0 spiro atoms. The van der Waals surface area contributed by atoms with Crippen LogP contribution in [0.2, 0.25) is 5.28 Å². The zero-order valence-corrected chi connectivity index (χ0v) is 31.9. The van der Waals surface area contributed by atoms with Gasteiger partial charge in [0.15, 0.2) is 0 Å². The topological polar surface area (TPSA) is 345 Å². The van der Waals surface area contributed by atoms with Crippen LogP contribution in [0.3, 0.4) is 0 Å². The predicted octanol–water partition coefficient (Wildman–Crippen LogP) is 4.96. The van der Waals surface area contributed by atoms with E-state index in [0.29, 0.717) is 23.9 Å². The number of nitrogens with zero attached hydrogens (tertiary/aromatic N) is 5. The molecular weight excluding hydrogens is 866 g/mol. The molecule has 1 atom stereocenters. The minimum atomic E-state index is -5.24. The third-order valence-electron chi connectivity index (χ3n) is 7.50. The summed E-state index contributed by atoms with van der Waals surface area (Å²) in [5.41, 5.74) is -0.671. The fourth-order valence-electron chi connectivity index (χ4n) is 5.20. The van der Waals surface area contributed by atoms with Gasteiger partial charge in [-0.2, -0.15) is 48.6 Å². The predicted molar refractivity (Wildman–Crippen MR) is 196 cm³/mol. The van der Waals surface area contributed by atoms with Gasteiger partial charge in [0.2, 0.25) is 17.2 Å². The maximum absolute atomic E-state index is 12.5. The Labute approximate surface area is 322 Å². The van der Waals surface area contributed by atoms with Crippen LogP contribution in [0.5, 0.6) is 0 Å². The Morgan fingerprint density at radius 2 is 1.23 bits per heavy atom. The number of halogens is 1. The number of anilines is 4. The summed E-state index contributed by atoms with van der Waals surface area (Å²) < 4.78 is 160. The molecule has 0 amide bonds. The number of azo groups is 1. The van der Waals surface area contributed by atoms with E-state index in [1.165, 1.54) is 48.5 Å². The highest BCUT2D eigenvalue weighted by Crippen LogP contribution is 2.40. The first-order chi connectivity index (χ1) is 26.0. The maximum atomic E-state index is 12.5. The molecule has 0 fully saturated rings. The Hall–Kier alpha value is -5.13. The quantitative estimate of drug-likeness (QED) is 0.0568. The van der Waals surface area contributed by atoms with Crippen molar-refractivity contribution < 1.29 is 60.6 Å². The van der Waals surface area contributed by atoms with Gasteiger partial charge in [0, 0.05) is 26.7 Å². The van der Waals surface area contributed by atoms with Crippen LogP contribution >= 0.6 is 11.6 Å². The highest BCUT2D eigenvalue weighted by molar-refractivity contribution is 7.87. The molecule has 0 radical (unpaired) electrons. The lowest BCUT2D eigenvalue weighted by Gasteiger charge is -2.14. The average molecular weight is 885 g/mol. The Kier molecular flexibility index (Phi) is 10.7.